The van der Waals surface area contributed by atoms with Crippen molar-refractivity contribution in [2.45, 2.75) is 13.0 Å². The van der Waals surface area contributed by atoms with Gasteiger partial charge in [0.05, 0.1) is 6.04 Å². The zero-order chi connectivity index (χ0) is 9.84. The summed E-state index contributed by atoms with van der Waals surface area (Å²) in [5.41, 5.74) is 6.87. The van der Waals surface area contributed by atoms with Gasteiger partial charge in [0, 0.05) is 11.3 Å². The van der Waals surface area contributed by atoms with E-state index in [0.29, 0.717) is 11.3 Å². The Bertz CT molecular complexity index is 301. The van der Waals surface area contributed by atoms with Gasteiger partial charge in [-0.15, -0.1) is 24.8 Å². The Hall–Kier alpha value is -0.770. The number of hydrogen-bond donors (Lipinski definition) is 2. The Balaban J connectivity index is 0. The number of Topliss-reactive ketones (excluding diaryl/α,β-unsaturated/α-hetero) is 1. The zero-order valence-corrected chi connectivity index (χ0v) is 10.3. The summed E-state index contributed by atoms with van der Waals surface area (Å²) in [5.74, 6) is 0.0856. The van der Waals surface area contributed by atoms with Gasteiger partial charge in [-0.05, 0) is 38.2 Å². The molecular formula is C10H16Cl2N2O. The summed E-state index contributed by atoms with van der Waals surface area (Å²) >= 11 is 0. The van der Waals surface area contributed by atoms with Crippen molar-refractivity contribution < 1.29 is 4.79 Å². The van der Waals surface area contributed by atoms with Crippen LogP contribution in [0.15, 0.2) is 24.3 Å². The van der Waals surface area contributed by atoms with Crippen LogP contribution in [-0.2, 0) is 0 Å². The average molecular weight is 251 g/mol. The molecule has 0 fully saturated rings. The number of ketones is 1. The predicted octanol–water partition coefficient (Wildman–Crippen LogP) is 1.90. The highest BCUT2D eigenvalue weighted by Gasteiger charge is 2.11. The lowest BCUT2D eigenvalue weighted by atomic mass is 10.1. The fourth-order valence-corrected chi connectivity index (χ4v) is 1.03. The van der Waals surface area contributed by atoms with E-state index in [9.17, 15) is 4.79 Å². The van der Waals surface area contributed by atoms with Crippen LogP contribution in [0, 0.1) is 0 Å². The van der Waals surface area contributed by atoms with Crippen LogP contribution in [0.3, 0.4) is 0 Å². The van der Waals surface area contributed by atoms with Crippen LogP contribution in [-0.4, -0.2) is 18.9 Å². The summed E-state index contributed by atoms with van der Waals surface area (Å²) in [6.45, 7) is 1.83. The molecule has 15 heavy (non-hydrogen) atoms. The molecule has 0 aliphatic carbocycles. The quantitative estimate of drug-likeness (QED) is 0.637. The van der Waals surface area contributed by atoms with Crippen LogP contribution in [0.2, 0.25) is 0 Å². The number of nitrogens with one attached hydrogen (secondary N) is 1. The minimum Gasteiger partial charge on any atom is -0.399 e. The Morgan fingerprint density at radius 3 is 2.13 bits per heavy atom. The Kier molecular flexibility index (Phi) is 8.34. The molecule has 1 aromatic carbocycles. The number of nitrogen functional groups attached to an aromatic ring is 1. The summed E-state index contributed by atoms with van der Waals surface area (Å²) in [6, 6.07) is 6.80. The molecule has 0 amide bonds. The first-order valence-corrected chi connectivity index (χ1v) is 4.22. The molecular weight excluding hydrogens is 235 g/mol. The van der Waals surface area contributed by atoms with E-state index in [2.05, 4.69) is 5.32 Å². The van der Waals surface area contributed by atoms with Gasteiger partial charge in [0.1, 0.15) is 0 Å². The monoisotopic (exact) mass is 250 g/mol. The zero-order valence-electron chi connectivity index (χ0n) is 8.69. The van der Waals surface area contributed by atoms with Gasteiger partial charge in [0.2, 0.25) is 0 Å². The average Bonchev–Trinajstić information content (AvgIpc) is 2.17. The fourth-order valence-electron chi connectivity index (χ4n) is 1.03. The molecule has 86 valence electrons. The lowest BCUT2D eigenvalue weighted by molar-refractivity contribution is 0.0955. The van der Waals surface area contributed by atoms with E-state index in [1.165, 1.54) is 0 Å². The number of nitrogens with two attached hydrogens (primary N) is 1. The van der Waals surface area contributed by atoms with Crippen molar-refractivity contribution in [1.82, 2.24) is 5.32 Å². The first kappa shape index (κ1) is 16.7. The van der Waals surface area contributed by atoms with Crippen LogP contribution in [0.1, 0.15) is 17.3 Å². The number of anilines is 1. The van der Waals surface area contributed by atoms with Crippen LogP contribution in [0.4, 0.5) is 5.69 Å². The van der Waals surface area contributed by atoms with E-state index < -0.39 is 0 Å². The summed E-state index contributed by atoms with van der Waals surface area (Å²) in [4.78, 5) is 11.6. The molecule has 3 N–H and O–H groups in total. The molecule has 0 radical (unpaired) electrons. The number of rotatable bonds is 3. The molecule has 0 spiro atoms. The van der Waals surface area contributed by atoms with E-state index in [-0.39, 0.29) is 36.6 Å². The van der Waals surface area contributed by atoms with E-state index in [1.54, 1.807) is 31.3 Å². The number of carbonyl (C=O) groups is 1. The van der Waals surface area contributed by atoms with Gasteiger partial charge in [-0.2, -0.15) is 0 Å². The van der Waals surface area contributed by atoms with Crippen molar-refractivity contribution in [3.63, 3.8) is 0 Å². The minimum atomic E-state index is -0.149. The molecule has 0 aliphatic heterocycles. The van der Waals surface area contributed by atoms with Crippen molar-refractivity contribution in [2.24, 2.45) is 0 Å². The van der Waals surface area contributed by atoms with E-state index >= 15 is 0 Å². The molecule has 1 aromatic rings. The smallest absolute Gasteiger partial charge is 0.179 e. The number of benzene rings is 1. The normalized spacial score (nSPS) is 10.8. The first-order valence-electron chi connectivity index (χ1n) is 4.22. The molecule has 0 heterocycles. The van der Waals surface area contributed by atoms with E-state index in [1.807, 2.05) is 6.92 Å². The third-order valence-electron chi connectivity index (χ3n) is 2.02. The molecule has 1 atom stereocenters. The number of hydrogen-bond acceptors (Lipinski definition) is 3. The van der Waals surface area contributed by atoms with Gasteiger partial charge in [-0.3, -0.25) is 4.79 Å². The highest BCUT2D eigenvalue weighted by Crippen LogP contribution is 2.07. The molecule has 3 nitrogen and oxygen atoms in total. The SMILES string of the molecule is CNC(C)C(=O)c1ccc(N)cc1.Cl.Cl. The third-order valence-corrected chi connectivity index (χ3v) is 2.02. The molecule has 0 bridgehead atoms. The van der Waals surface area contributed by atoms with Gasteiger partial charge >= 0.3 is 0 Å². The Morgan fingerprint density at radius 2 is 1.73 bits per heavy atom. The lowest BCUT2D eigenvalue weighted by Crippen LogP contribution is -2.30. The second-order valence-electron chi connectivity index (χ2n) is 3.00. The predicted molar refractivity (Wildman–Crippen MR) is 68.2 cm³/mol. The van der Waals surface area contributed by atoms with Crippen molar-refractivity contribution in [3.8, 4) is 0 Å². The topological polar surface area (TPSA) is 55.1 Å². The van der Waals surface area contributed by atoms with Crippen molar-refractivity contribution in [2.75, 3.05) is 12.8 Å². The molecule has 0 aliphatic rings. The lowest BCUT2D eigenvalue weighted by Gasteiger charge is -2.08. The highest BCUT2D eigenvalue weighted by atomic mass is 35.5. The first-order chi connectivity index (χ1) is 6.15. The summed E-state index contributed by atoms with van der Waals surface area (Å²) in [5, 5.41) is 2.90. The standard InChI is InChI=1S/C10H14N2O.2ClH/c1-7(12-2)10(13)8-3-5-9(11)6-4-8;;/h3-7,12H,11H2,1-2H3;2*1H. The summed E-state index contributed by atoms with van der Waals surface area (Å²) < 4.78 is 0. The maximum Gasteiger partial charge on any atom is 0.179 e. The summed E-state index contributed by atoms with van der Waals surface area (Å²) in [7, 11) is 1.76. The van der Waals surface area contributed by atoms with E-state index in [4.69, 9.17) is 5.73 Å². The number of likely N-dealkylation sites (N-methyl/N-ethyl adjacent to an activating group) is 1. The molecule has 0 aromatic heterocycles. The maximum absolute atomic E-state index is 11.6. The van der Waals surface area contributed by atoms with Crippen LogP contribution in [0.25, 0.3) is 0 Å². The number of carbonyl (C=O) groups excluding carboxylic acids is 1. The second kappa shape index (κ2) is 7.51. The van der Waals surface area contributed by atoms with Gasteiger partial charge < -0.3 is 11.1 Å². The van der Waals surface area contributed by atoms with Gasteiger partial charge in [-0.1, -0.05) is 0 Å². The van der Waals surface area contributed by atoms with Crippen molar-refractivity contribution in [3.05, 3.63) is 29.8 Å². The van der Waals surface area contributed by atoms with Crippen LogP contribution < -0.4 is 11.1 Å². The molecule has 5 heteroatoms. The van der Waals surface area contributed by atoms with Crippen LogP contribution in [0.5, 0.6) is 0 Å². The second-order valence-corrected chi connectivity index (χ2v) is 3.00. The Morgan fingerprint density at radius 1 is 1.27 bits per heavy atom. The van der Waals surface area contributed by atoms with Gasteiger partial charge in [0.25, 0.3) is 0 Å². The maximum atomic E-state index is 11.6. The van der Waals surface area contributed by atoms with Crippen molar-refractivity contribution in [1.29, 1.82) is 0 Å². The third kappa shape index (κ3) is 4.51. The summed E-state index contributed by atoms with van der Waals surface area (Å²) in [6.07, 6.45) is 0. The fraction of sp³-hybridized carbons (Fsp3) is 0.300. The largest absolute Gasteiger partial charge is 0.399 e. The number of halogens is 2. The van der Waals surface area contributed by atoms with E-state index in [0.717, 1.165) is 0 Å². The Labute approximate surface area is 102 Å². The minimum absolute atomic E-state index is 0. The van der Waals surface area contributed by atoms with Gasteiger partial charge in [-0.25, -0.2) is 0 Å². The van der Waals surface area contributed by atoms with Gasteiger partial charge in [0.15, 0.2) is 5.78 Å². The van der Waals surface area contributed by atoms with Crippen molar-refractivity contribution >= 4 is 36.3 Å². The molecule has 0 saturated carbocycles. The molecule has 1 unspecified atom stereocenters. The highest BCUT2D eigenvalue weighted by molar-refractivity contribution is 6.00. The molecule has 0 saturated heterocycles. The van der Waals surface area contributed by atoms with Crippen LogP contribution >= 0.6 is 24.8 Å². The molecule has 1 rings (SSSR count).